The minimum atomic E-state index is -3.29. The van der Waals surface area contributed by atoms with Crippen LogP contribution in [0.4, 0.5) is 0 Å². The molecule has 18 heavy (non-hydrogen) atoms. The van der Waals surface area contributed by atoms with Gasteiger partial charge in [0.2, 0.25) is 10.0 Å². The van der Waals surface area contributed by atoms with Gasteiger partial charge in [0.05, 0.1) is 17.1 Å². The highest BCUT2D eigenvalue weighted by Gasteiger charge is 2.64. The largest absolute Gasteiger partial charge is 0.369 e. The molecule has 1 aromatic carbocycles. The fourth-order valence-electron chi connectivity index (χ4n) is 3.09. The molecule has 5 heteroatoms. The van der Waals surface area contributed by atoms with Gasteiger partial charge in [0.25, 0.3) is 0 Å². The van der Waals surface area contributed by atoms with E-state index in [0.717, 1.165) is 18.4 Å². The van der Waals surface area contributed by atoms with E-state index in [9.17, 15) is 8.42 Å². The molecule has 3 aliphatic rings. The minimum absolute atomic E-state index is 0.181. The van der Waals surface area contributed by atoms with Crippen LogP contribution in [0.3, 0.4) is 0 Å². The molecule has 4 nitrogen and oxygen atoms in total. The van der Waals surface area contributed by atoms with Crippen LogP contribution >= 0.6 is 0 Å². The topological polar surface area (TPSA) is 49.7 Å². The van der Waals surface area contributed by atoms with Gasteiger partial charge >= 0.3 is 0 Å². The predicted molar refractivity (Wildman–Crippen MR) is 65.7 cm³/mol. The first-order valence-corrected chi connectivity index (χ1v) is 7.77. The van der Waals surface area contributed by atoms with Gasteiger partial charge in [0.15, 0.2) is 0 Å². The van der Waals surface area contributed by atoms with E-state index in [-0.39, 0.29) is 12.1 Å². The Morgan fingerprint density at radius 3 is 2.22 bits per heavy atom. The Morgan fingerprint density at radius 2 is 1.67 bits per heavy atom. The molecule has 0 amide bonds. The van der Waals surface area contributed by atoms with E-state index < -0.39 is 10.0 Å². The summed E-state index contributed by atoms with van der Waals surface area (Å²) in [4.78, 5) is 0.414. The third kappa shape index (κ3) is 1.47. The van der Waals surface area contributed by atoms with E-state index in [1.807, 2.05) is 19.1 Å². The van der Waals surface area contributed by atoms with Crippen LogP contribution in [-0.4, -0.2) is 37.0 Å². The molecule has 1 aliphatic carbocycles. The van der Waals surface area contributed by atoms with Crippen molar-refractivity contribution in [3.8, 4) is 0 Å². The maximum absolute atomic E-state index is 12.5. The van der Waals surface area contributed by atoms with E-state index in [2.05, 4.69) is 0 Å². The standard InChI is InChI=1S/C13H15NO3S/c1-8-2-4-9(5-3-8)18(15,16)14-10-6-12-13(17-12)7-11(10)14/h2-5,10-13H,6-7H2,1H3/t10-,11+,12+,13-,14?. The molecule has 4 rings (SSSR count). The van der Waals surface area contributed by atoms with Gasteiger partial charge in [0.1, 0.15) is 0 Å². The maximum Gasteiger partial charge on any atom is 0.243 e. The summed E-state index contributed by atoms with van der Waals surface area (Å²) in [7, 11) is -3.29. The van der Waals surface area contributed by atoms with E-state index in [1.165, 1.54) is 0 Å². The second-order valence-corrected chi connectivity index (χ2v) is 7.31. The molecule has 0 spiro atoms. The Kier molecular flexibility index (Phi) is 2.04. The number of sulfonamides is 1. The Hall–Kier alpha value is -0.910. The monoisotopic (exact) mass is 265 g/mol. The zero-order valence-corrected chi connectivity index (χ0v) is 10.9. The molecule has 1 unspecified atom stereocenters. The lowest BCUT2D eigenvalue weighted by molar-refractivity contribution is 0.356. The number of fused-ring (bicyclic) bond motifs is 2. The van der Waals surface area contributed by atoms with Crippen molar-refractivity contribution in [2.45, 2.75) is 49.0 Å². The molecule has 1 saturated carbocycles. The quantitative estimate of drug-likeness (QED) is 0.757. The van der Waals surface area contributed by atoms with Gasteiger partial charge in [-0.05, 0) is 31.9 Å². The summed E-state index contributed by atoms with van der Waals surface area (Å²) in [5.41, 5.74) is 1.08. The second-order valence-electron chi connectivity index (χ2n) is 5.47. The summed E-state index contributed by atoms with van der Waals surface area (Å²) >= 11 is 0. The highest BCUT2D eigenvalue weighted by Crippen LogP contribution is 2.51. The zero-order chi connectivity index (χ0) is 12.5. The smallest absolute Gasteiger partial charge is 0.243 e. The lowest BCUT2D eigenvalue weighted by Gasteiger charge is -2.06. The lowest BCUT2D eigenvalue weighted by atomic mass is 10.0. The van der Waals surface area contributed by atoms with Crippen LogP contribution < -0.4 is 0 Å². The highest BCUT2D eigenvalue weighted by molar-refractivity contribution is 7.89. The SMILES string of the molecule is Cc1ccc(S(=O)(=O)N2[C@@H]3C[C@@H]4O[C@@H]4C[C@@H]32)cc1. The van der Waals surface area contributed by atoms with Crippen molar-refractivity contribution in [1.29, 1.82) is 0 Å². The zero-order valence-electron chi connectivity index (χ0n) is 10.1. The lowest BCUT2D eigenvalue weighted by Crippen LogP contribution is -2.16. The van der Waals surface area contributed by atoms with Crippen LogP contribution in [0.2, 0.25) is 0 Å². The fraction of sp³-hybridized carbons (Fsp3) is 0.538. The summed E-state index contributed by atoms with van der Waals surface area (Å²) in [6, 6.07) is 7.46. The van der Waals surface area contributed by atoms with Crippen LogP contribution in [0.1, 0.15) is 18.4 Å². The molecule has 0 N–H and O–H groups in total. The van der Waals surface area contributed by atoms with Gasteiger partial charge in [0, 0.05) is 12.1 Å². The van der Waals surface area contributed by atoms with Crippen molar-refractivity contribution in [3.63, 3.8) is 0 Å². The van der Waals surface area contributed by atoms with Crippen molar-refractivity contribution < 1.29 is 13.2 Å². The summed E-state index contributed by atoms with van der Waals surface area (Å²) in [6.45, 7) is 1.96. The predicted octanol–water partition coefficient (Wildman–Crippen LogP) is 1.30. The molecule has 0 bridgehead atoms. The van der Waals surface area contributed by atoms with Gasteiger partial charge < -0.3 is 4.74 Å². The van der Waals surface area contributed by atoms with Crippen molar-refractivity contribution in [1.82, 2.24) is 4.31 Å². The molecule has 5 atom stereocenters. The summed E-state index contributed by atoms with van der Waals surface area (Å²) < 4.78 is 32.1. The third-order valence-electron chi connectivity index (χ3n) is 4.24. The third-order valence-corrected chi connectivity index (χ3v) is 6.20. The molecule has 96 valence electrons. The first-order chi connectivity index (χ1) is 8.57. The van der Waals surface area contributed by atoms with Gasteiger partial charge in [-0.3, -0.25) is 0 Å². The average molecular weight is 265 g/mol. The van der Waals surface area contributed by atoms with Gasteiger partial charge in [-0.1, -0.05) is 17.7 Å². The number of nitrogens with zero attached hydrogens (tertiary/aromatic N) is 1. The Labute approximate surface area is 107 Å². The number of rotatable bonds is 2. The fourth-order valence-corrected chi connectivity index (χ4v) is 4.92. The van der Waals surface area contributed by atoms with Crippen LogP contribution in [0.15, 0.2) is 29.2 Å². The molecule has 2 aliphatic heterocycles. The van der Waals surface area contributed by atoms with E-state index in [1.54, 1.807) is 16.4 Å². The summed E-state index contributed by atoms with van der Waals surface area (Å²) in [5, 5.41) is 0. The summed E-state index contributed by atoms with van der Waals surface area (Å²) in [6.07, 6.45) is 2.40. The Bertz CT molecular complexity index is 579. The molecule has 3 fully saturated rings. The average Bonchev–Trinajstić information content (AvgIpc) is 3.19. The molecule has 2 saturated heterocycles. The van der Waals surface area contributed by atoms with Crippen molar-refractivity contribution in [3.05, 3.63) is 29.8 Å². The molecule has 2 heterocycles. The number of hydrogen-bond acceptors (Lipinski definition) is 3. The first-order valence-electron chi connectivity index (χ1n) is 6.33. The highest BCUT2D eigenvalue weighted by atomic mass is 32.2. The van der Waals surface area contributed by atoms with Gasteiger partial charge in [-0.15, -0.1) is 0 Å². The number of benzene rings is 1. The van der Waals surface area contributed by atoms with Gasteiger partial charge in [-0.25, -0.2) is 8.42 Å². The number of epoxide rings is 1. The molecule has 1 aromatic rings. The Balaban J connectivity index is 1.63. The van der Waals surface area contributed by atoms with E-state index >= 15 is 0 Å². The molecule has 0 radical (unpaired) electrons. The second kappa shape index (κ2) is 3.35. The molecular formula is C13H15NO3S. The Morgan fingerprint density at radius 1 is 1.11 bits per heavy atom. The number of aryl methyl sites for hydroxylation is 1. The van der Waals surface area contributed by atoms with Crippen molar-refractivity contribution >= 4 is 10.0 Å². The molecule has 0 aromatic heterocycles. The van der Waals surface area contributed by atoms with E-state index in [0.29, 0.717) is 17.1 Å². The number of ether oxygens (including phenoxy) is 1. The van der Waals surface area contributed by atoms with Crippen LogP contribution in [0, 0.1) is 6.92 Å². The number of hydrogen-bond donors (Lipinski definition) is 0. The van der Waals surface area contributed by atoms with E-state index in [4.69, 9.17) is 4.74 Å². The van der Waals surface area contributed by atoms with Crippen LogP contribution in [-0.2, 0) is 14.8 Å². The van der Waals surface area contributed by atoms with Crippen LogP contribution in [0.5, 0.6) is 0 Å². The van der Waals surface area contributed by atoms with Crippen molar-refractivity contribution in [2.75, 3.05) is 0 Å². The van der Waals surface area contributed by atoms with Crippen LogP contribution in [0.25, 0.3) is 0 Å². The molecular weight excluding hydrogens is 250 g/mol. The normalized spacial score (nSPS) is 40.8. The first kappa shape index (κ1) is 11.0. The summed E-state index contributed by atoms with van der Waals surface area (Å²) in [5.74, 6) is 0. The minimum Gasteiger partial charge on any atom is -0.369 e. The maximum atomic E-state index is 12.5. The van der Waals surface area contributed by atoms with Crippen molar-refractivity contribution in [2.24, 2.45) is 0 Å². The van der Waals surface area contributed by atoms with Gasteiger partial charge in [-0.2, -0.15) is 4.31 Å².